The summed E-state index contributed by atoms with van der Waals surface area (Å²) < 4.78 is 5.64. The molecule has 2 aromatic carbocycles. The Bertz CT molecular complexity index is 749. The van der Waals surface area contributed by atoms with Gasteiger partial charge in [-0.1, -0.05) is 18.2 Å². The molecule has 0 aliphatic heterocycles. The zero-order valence-corrected chi connectivity index (χ0v) is 12.3. The van der Waals surface area contributed by atoms with Crippen molar-refractivity contribution in [2.45, 2.75) is 20.4 Å². The van der Waals surface area contributed by atoms with Gasteiger partial charge in [0.15, 0.2) is 0 Å². The maximum atomic E-state index is 5.64. The average Bonchev–Trinajstić information content (AvgIpc) is 2.86. The predicted molar refractivity (Wildman–Crippen MR) is 85.8 cm³/mol. The van der Waals surface area contributed by atoms with E-state index in [1.807, 2.05) is 44.2 Å². The van der Waals surface area contributed by atoms with E-state index in [0.717, 1.165) is 40.4 Å². The Kier molecular flexibility index (Phi) is 3.77. The van der Waals surface area contributed by atoms with Crippen LogP contribution in [0.4, 0.5) is 5.69 Å². The molecule has 1 aromatic heterocycles. The first kappa shape index (κ1) is 13.5. The number of hydrogen-bond donors (Lipinski definition) is 2. The number of fused-ring (bicyclic) bond motifs is 1. The number of aryl methyl sites for hydroxylation is 1. The second-order valence-corrected chi connectivity index (χ2v) is 4.95. The number of ether oxygens (including phenoxy) is 1. The number of anilines is 1. The lowest BCUT2D eigenvalue weighted by atomic mass is 10.2. The van der Waals surface area contributed by atoms with Crippen molar-refractivity contribution < 1.29 is 4.74 Å². The van der Waals surface area contributed by atoms with Gasteiger partial charge in [0.2, 0.25) is 0 Å². The van der Waals surface area contributed by atoms with Crippen molar-refractivity contribution in [3.8, 4) is 5.75 Å². The zero-order chi connectivity index (χ0) is 14.7. The standard InChI is InChI=1S/C17H19N3O/c1-3-21-17-7-5-4-6-13(17)11-18-14-8-9-15-16(10-14)20-12(2)19-15/h4-10,18H,3,11H2,1-2H3,(H,19,20). The highest BCUT2D eigenvalue weighted by atomic mass is 16.5. The lowest BCUT2D eigenvalue weighted by Gasteiger charge is -2.11. The Balaban J connectivity index is 1.76. The van der Waals surface area contributed by atoms with Crippen LogP contribution in [0.2, 0.25) is 0 Å². The van der Waals surface area contributed by atoms with E-state index in [1.165, 1.54) is 0 Å². The SMILES string of the molecule is CCOc1ccccc1CNc1ccc2nc(C)[nH]c2c1. The van der Waals surface area contributed by atoms with E-state index in [-0.39, 0.29) is 0 Å². The van der Waals surface area contributed by atoms with Crippen molar-refractivity contribution in [3.05, 3.63) is 53.9 Å². The molecule has 108 valence electrons. The molecule has 0 aliphatic carbocycles. The molecule has 4 nitrogen and oxygen atoms in total. The van der Waals surface area contributed by atoms with Crippen LogP contribution in [0, 0.1) is 6.92 Å². The molecule has 3 rings (SSSR count). The Hall–Kier alpha value is -2.49. The Morgan fingerprint density at radius 1 is 1.19 bits per heavy atom. The number of hydrogen-bond acceptors (Lipinski definition) is 3. The summed E-state index contributed by atoms with van der Waals surface area (Å²) in [6.07, 6.45) is 0. The fraction of sp³-hybridized carbons (Fsp3) is 0.235. The fourth-order valence-corrected chi connectivity index (χ4v) is 2.39. The third-order valence-electron chi connectivity index (χ3n) is 3.36. The summed E-state index contributed by atoms with van der Waals surface area (Å²) in [4.78, 5) is 7.66. The summed E-state index contributed by atoms with van der Waals surface area (Å²) in [5.41, 5.74) is 4.26. The van der Waals surface area contributed by atoms with Crippen molar-refractivity contribution in [1.29, 1.82) is 0 Å². The van der Waals surface area contributed by atoms with Crippen LogP contribution in [0.3, 0.4) is 0 Å². The first-order valence-corrected chi connectivity index (χ1v) is 7.17. The van der Waals surface area contributed by atoms with Gasteiger partial charge in [-0.15, -0.1) is 0 Å². The Morgan fingerprint density at radius 3 is 2.90 bits per heavy atom. The van der Waals surface area contributed by atoms with Crippen molar-refractivity contribution in [2.75, 3.05) is 11.9 Å². The van der Waals surface area contributed by atoms with Crippen molar-refractivity contribution in [2.24, 2.45) is 0 Å². The number of imidazole rings is 1. The van der Waals surface area contributed by atoms with Crippen LogP contribution >= 0.6 is 0 Å². The molecule has 21 heavy (non-hydrogen) atoms. The molecule has 0 bridgehead atoms. The van der Waals surface area contributed by atoms with Crippen LogP contribution in [-0.2, 0) is 6.54 Å². The quantitative estimate of drug-likeness (QED) is 0.746. The smallest absolute Gasteiger partial charge is 0.124 e. The number of benzene rings is 2. The molecule has 2 N–H and O–H groups in total. The van der Waals surface area contributed by atoms with Crippen LogP contribution in [0.1, 0.15) is 18.3 Å². The van der Waals surface area contributed by atoms with Crippen molar-refractivity contribution >= 4 is 16.7 Å². The van der Waals surface area contributed by atoms with Gasteiger partial charge in [0.25, 0.3) is 0 Å². The van der Waals surface area contributed by atoms with Gasteiger partial charge in [0, 0.05) is 17.8 Å². The first-order valence-electron chi connectivity index (χ1n) is 7.17. The van der Waals surface area contributed by atoms with Gasteiger partial charge in [0.05, 0.1) is 17.6 Å². The van der Waals surface area contributed by atoms with E-state index in [4.69, 9.17) is 4.74 Å². The monoisotopic (exact) mass is 281 g/mol. The molecule has 0 unspecified atom stereocenters. The van der Waals surface area contributed by atoms with Gasteiger partial charge in [-0.2, -0.15) is 0 Å². The van der Waals surface area contributed by atoms with Crippen LogP contribution < -0.4 is 10.1 Å². The largest absolute Gasteiger partial charge is 0.494 e. The lowest BCUT2D eigenvalue weighted by Crippen LogP contribution is -2.03. The van der Waals surface area contributed by atoms with E-state index >= 15 is 0 Å². The second-order valence-electron chi connectivity index (χ2n) is 4.95. The fourth-order valence-electron chi connectivity index (χ4n) is 2.39. The first-order chi connectivity index (χ1) is 10.3. The Morgan fingerprint density at radius 2 is 2.05 bits per heavy atom. The maximum absolute atomic E-state index is 5.64. The molecule has 0 aliphatic rings. The lowest BCUT2D eigenvalue weighted by molar-refractivity contribution is 0.337. The zero-order valence-electron chi connectivity index (χ0n) is 12.3. The highest BCUT2D eigenvalue weighted by molar-refractivity contribution is 5.79. The number of rotatable bonds is 5. The second kappa shape index (κ2) is 5.87. The summed E-state index contributed by atoms with van der Waals surface area (Å²) in [7, 11) is 0. The number of para-hydroxylation sites is 1. The summed E-state index contributed by atoms with van der Waals surface area (Å²) in [6.45, 7) is 5.37. The van der Waals surface area contributed by atoms with E-state index in [2.05, 4.69) is 27.4 Å². The molecule has 0 fully saturated rings. The normalized spacial score (nSPS) is 10.8. The summed E-state index contributed by atoms with van der Waals surface area (Å²) in [6, 6.07) is 14.3. The molecular weight excluding hydrogens is 262 g/mol. The van der Waals surface area contributed by atoms with Gasteiger partial charge in [-0.05, 0) is 38.1 Å². The van der Waals surface area contributed by atoms with E-state index < -0.39 is 0 Å². The molecule has 3 aromatic rings. The molecule has 0 spiro atoms. The van der Waals surface area contributed by atoms with Crippen molar-refractivity contribution in [1.82, 2.24) is 9.97 Å². The molecule has 0 atom stereocenters. The highest BCUT2D eigenvalue weighted by Crippen LogP contribution is 2.21. The molecule has 4 heteroatoms. The summed E-state index contributed by atoms with van der Waals surface area (Å²) in [5, 5.41) is 3.43. The number of aromatic amines is 1. The van der Waals surface area contributed by atoms with E-state index in [9.17, 15) is 0 Å². The molecule has 0 amide bonds. The summed E-state index contributed by atoms with van der Waals surface area (Å²) in [5.74, 6) is 1.87. The third kappa shape index (κ3) is 2.99. The molecular formula is C17H19N3O. The van der Waals surface area contributed by atoms with E-state index in [1.54, 1.807) is 0 Å². The minimum absolute atomic E-state index is 0.677. The summed E-state index contributed by atoms with van der Waals surface area (Å²) >= 11 is 0. The molecule has 1 heterocycles. The van der Waals surface area contributed by atoms with Crippen LogP contribution in [-0.4, -0.2) is 16.6 Å². The van der Waals surface area contributed by atoms with Crippen molar-refractivity contribution in [3.63, 3.8) is 0 Å². The van der Waals surface area contributed by atoms with Gasteiger partial charge in [-0.25, -0.2) is 4.98 Å². The maximum Gasteiger partial charge on any atom is 0.124 e. The predicted octanol–water partition coefficient (Wildman–Crippen LogP) is 3.88. The number of nitrogens with one attached hydrogen (secondary N) is 2. The van der Waals surface area contributed by atoms with Crippen LogP contribution in [0.5, 0.6) is 5.75 Å². The van der Waals surface area contributed by atoms with Gasteiger partial charge >= 0.3 is 0 Å². The topological polar surface area (TPSA) is 49.9 Å². The van der Waals surface area contributed by atoms with Gasteiger partial charge in [-0.3, -0.25) is 0 Å². The van der Waals surface area contributed by atoms with E-state index in [0.29, 0.717) is 6.61 Å². The van der Waals surface area contributed by atoms with Crippen LogP contribution in [0.15, 0.2) is 42.5 Å². The number of aromatic nitrogens is 2. The highest BCUT2D eigenvalue weighted by Gasteiger charge is 2.04. The van der Waals surface area contributed by atoms with Crippen LogP contribution in [0.25, 0.3) is 11.0 Å². The molecule has 0 saturated carbocycles. The number of H-pyrrole nitrogens is 1. The van der Waals surface area contributed by atoms with Gasteiger partial charge in [0.1, 0.15) is 11.6 Å². The molecule has 0 radical (unpaired) electrons. The number of nitrogens with zero attached hydrogens (tertiary/aromatic N) is 1. The van der Waals surface area contributed by atoms with Gasteiger partial charge < -0.3 is 15.0 Å². The Labute approximate surface area is 124 Å². The molecule has 0 saturated heterocycles. The minimum Gasteiger partial charge on any atom is -0.494 e. The average molecular weight is 281 g/mol. The minimum atomic E-state index is 0.677. The third-order valence-corrected chi connectivity index (χ3v) is 3.36.